The molecular formula is C39H57P. The van der Waals surface area contributed by atoms with Crippen molar-refractivity contribution >= 4 is 8.58 Å². The number of benzene rings is 3. The lowest BCUT2D eigenvalue weighted by Crippen LogP contribution is -2.30. The lowest BCUT2D eigenvalue weighted by molar-refractivity contribution is 0.531. The van der Waals surface area contributed by atoms with E-state index < -0.39 is 0 Å². The highest BCUT2D eigenvalue weighted by Gasteiger charge is 2.35. The summed E-state index contributed by atoms with van der Waals surface area (Å²) in [6.45, 7) is 2.30. The Hall–Kier alpha value is -1.91. The minimum absolute atomic E-state index is 0.0780. The third-order valence-corrected chi connectivity index (χ3v) is 9.99. The summed E-state index contributed by atoms with van der Waals surface area (Å²) in [4.78, 5) is 0. The van der Waals surface area contributed by atoms with E-state index >= 15 is 0 Å². The summed E-state index contributed by atoms with van der Waals surface area (Å²) >= 11 is 0. The van der Waals surface area contributed by atoms with Crippen molar-refractivity contribution in [1.82, 2.24) is 0 Å². The highest BCUT2D eigenvalue weighted by atomic mass is 31.1. The fourth-order valence-corrected chi connectivity index (χ4v) is 7.60. The normalized spacial score (nSPS) is 11.9. The smallest absolute Gasteiger partial charge is 0.0454 e. The van der Waals surface area contributed by atoms with Gasteiger partial charge in [0.1, 0.15) is 0 Å². The van der Waals surface area contributed by atoms with Gasteiger partial charge in [0.15, 0.2) is 0 Å². The standard InChI is InChI=1S/C39H57P/c1-2-3-4-5-6-7-8-9-10-11-12-13-14-15-16-26-34-40-35-33-39(36-27-20-17-21-28-36,37-29-22-18-23-30-37)38-31-24-19-25-32-38/h17-25,27-32,40H,2-16,26,33-35H2,1H3. The predicted molar refractivity (Wildman–Crippen MR) is 181 cm³/mol. The Labute approximate surface area is 249 Å². The van der Waals surface area contributed by atoms with Gasteiger partial charge in [-0.1, -0.05) is 194 Å². The summed E-state index contributed by atoms with van der Waals surface area (Å²) < 4.78 is 0. The molecule has 0 spiro atoms. The predicted octanol–water partition coefficient (Wildman–Crippen LogP) is 12.4. The molecule has 0 amide bonds. The minimum Gasteiger partial charge on any atom is -0.122 e. The second-order valence-electron chi connectivity index (χ2n) is 11.8. The van der Waals surface area contributed by atoms with Crippen LogP contribution in [-0.2, 0) is 5.41 Å². The molecule has 1 unspecified atom stereocenters. The van der Waals surface area contributed by atoms with E-state index in [0.717, 1.165) is 8.58 Å². The number of unbranched alkanes of at least 4 members (excludes halogenated alkanes) is 15. The molecule has 0 heterocycles. The largest absolute Gasteiger partial charge is 0.122 e. The molecule has 0 saturated heterocycles. The zero-order valence-electron chi connectivity index (χ0n) is 25.6. The topological polar surface area (TPSA) is 0 Å². The van der Waals surface area contributed by atoms with Crippen LogP contribution < -0.4 is 0 Å². The molecule has 0 aromatic heterocycles. The van der Waals surface area contributed by atoms with E-state index in [0.29, 0.717) is 0 Å². The molecule has 3 aromatic carbocycles. The van der Waals surface area contributed by atoms with Crippen LogP contribution in [0, 0.1) is 0 Å². The summed E-state index contributed by atoms with van der Waals surface area (Å²) in [7, 11) is 1.05. The first kappa shape index (κ1) is 32.6. The fraction of sp³-hybridized carbons (Fsp3) is 0.538. The van der Waals surface area contributed by atoms with Crippen LogP contribution in [0.5, 0.6) is 0 Å². The zero-order valence-corrected chi connectivity index (χ0v) is 26.6. The molecule has 0 bridgehead atoms. The van der Waals surface area contributed by atoms with Crippen molar-refractivity contribution in [1.29, 1.82) is 0 Å². The average molecular weight is 557 g/mol. The second kappa shape index (κ2) is 20.9. The van der Waals surface area contributed by atoms with Crippen molar-refractivity contribution in [3.63, 3.8) is 0 Å². The Morgan fingerprint density at radius 2 is 0.725 bits per heavy atom. The van der Waals surface area contributed by atoms with Crippen molar-refractivity contribution in [3.8, 4) is 0 Å². The third-order valence-electron chi connectivity index (χ3n) is 8.68. The Morgan fingerprint density at radius 3 is 1.07 bits per heavy atom. The molecule has 0 radical (unpaired) electrons. The van der Waals surface area contributed by atoms with Crippen LogP contribution in [0.2, 0.25) is 0 Å². The van der Waals surface area contributed by atoms with E-state index in [2.05, 4.69) is 97.9 Å². The molecule has 0 saturated carbocycles. The first-order valence-electron chi connectivity index (χ1n) is 16.7. The molecular weight excluding hydrogens is 499 g/mol. The molecule has 0 aliphatic heterocycles. The van der Waals surface area contributed by atoms with Crippen LogP contribution in [0.3, 0.4) is 0 Å². The van der Waals surface area contributed by atoms with Crippen LogP contribution in [0.1, 0.15) is 133 Å². The quantitative estimate of drug-likeness (QED) is 0.0619. The SMILES string of the molecule is CCCCCCCCCCCCCCCCCCPCCC(c1ccccc1)(c1ccccc1)c1ccccc1. The molecule has 1 atom stereocenters. The van der Waals surface area contributed by atoms with E-state index in [9.17, 15) is 0 Å². The highest BCUT2D eigenvalue weighted by Crippen LogP contribution is 2.43. The van der Waals surface area contributed by atoms with Gasteiger partial charge < -0.3 is 0 Å². The molecule has 218 valence electrons. The van der Waals surface area contributed by atoms with Gasteiger partial charge >= 0.3 is 0 Å². The van der Waals surface area contributed by atoms with Gasteiger partial charge in [-0.05, 0) is 41.9 Å². The Bertz CT molecular complexity index is 869. The highest BCUT2D eigenvalue weighted by molar-refractivity contribution is 7.37. The Morgan fingerprint density at radius 1 is 0.400 bits per heavy atom. The first-order valence-corrected chi connectivity index (χ1v) is 18.2. The van der Waals surface area contributed by atoms with E-state index in [1.54, 1.807) is 0 Å². The molecule has 0 N–H and O–H groups in total. The van der Waals surface area contributed by atoms with Crippen molar-refractivity contribution < 1.29 is 0 Å². The summed E-state index contributed by atoms with van der Waals surface area (Å²) in [5.74, 6) is 0. The van der Waals surface area contributed by atoms with Crippen molar-refractivity contribution in [2.24, 2.45) is 0 Å². The maximum Gasteiger partial charge on any atom is 0.0454 e. The minimum atomic E-state index is -0.0780. The molecule has 3 rings (SSSR count). The van der Waals surface area contributed by atoms with Gasteiger partial charge in [0.25, 0.3) is 0 Å². The van der Waals surface area contributed by atoms with Crippen LogP contribution in [0.15, 0.2) is 91.0 Å². The molecule has 1 heteroatoms. The van der Waals surface area contributed by atoms with Crippen molar-refractivity contribution in [3.05, 3.63) is 108 Å². The number of rotatable bonds is 23. The average Bonchev–Trinajstić information content (AvgIpc) is 3.01. The molecule has 0 fully saturated rings. The fourth-order valence-electron chi connectivity index (χ4n) is 6.30. The molecule has 0 aliphatic carbocycles. The van der Waals surface area contributed by atoms with Gasteiger partial charge in [-0.3, -0.25) is 0 Å². The monoisotopic (exact) mass is 556 g/mol. The molecule has 0 aliphatic rings. The lowest BCUT2D eigenvalue weighted by atomic mass is 9.68. The number of hydrogen-bond acceptors (Lipinski definition) is 0. The lowest BCUT2D eigenvalue weighted by Gasteiger charge is -2.36. The van der Waals surface area contributed by atoms with E-state index in [-0.39, 0.29) is 5.41 Å². The van der Waals surface area contributed by atoms with Crippen molar-refractivity contribution in [2.75, 3.05) is 12.3 Å². The summed E-state index contributed by atoms with van der Waals surface area (Å²) in [5.41, 5.74) is 4.17. The molecule has 0 nitrogen and oxygen atoms in total. The van der Waals surface area contributed by atoms with E-state index in [1.165, 1.54) is 138 Å². The van der Waals surface area contributed by atoms with Gasteiger partial charge in [0.05, 0.1) is 0 Å². The summed E-state index contributed by atoms with van der Waals surface area (Å²) in [5, 5.41) is 0. The molecule has 40 heavy (non-hydrogen) atoms. The van der Waals surface area contributed by atoms with Crippen LogP contribution in [-0.4, -0.2) is 12.3 Å². The van der Waals surface area contributed by atoms with Gasteiger partial charge in [0.2, 0.25) is 0 Å². The van der Waals surface area contributed by atoms with Gasteiger partial charge in [-0.25, -0.2) is 0 Å². The van der Waals surface area contributed by atoms with Gasteiger partial charge in [-0.2, -0.15) is 0 Å². The first-order chi connectivity index (χ1) is 19.9. The third kappa shape index (κ3) is 11.5. The van der Waals surface area contributed by atoms with Crippen LogP contribution in [0.4, 0.5) is 0 Å². The summed E-state index contributed by atoms with van der Waals surface area (Å²) in [6.07, 6.45) is 27.0. The van der Waals surface area contributed by atoms with E-state index in [4.69, 9.17) is 0 Å². The van der Waals surface area contributed by atoms with Crippen LogP contribution >= 0.6 is 8.58 Å². The maximum absolute atomic E-state index is 2.33. The van der Waals surface area contributed by atoms with Gasteiger partial charge in [-0.15, -0.1) is 8.58 Å². The summed E-state index contributed by atoms with van der Waals surface area (Å²) in [6, 6.07) is 33.6. The van der Waals surface area contributed by atoms with Crippen molar-refractivity contribution in [2.45, 2.75) is 121 Å². The number of hydrogen-bond donors (Lipinski definition) is 0. The Kier molecular flexibility index (Phi) is 17.0. The van der Waals surface area contributed by atoms with E-state index in [1.807, 2.05) is 0 Å². The second-order valence-corrected chi connectivity index (χ2v) is 13.3. The maximum atomic E-state index is 2.33. The Balaban J connectivity index is 1.31. The zero-order chi connectivity index (χ0) is 28.0. The molecule has 3 aromatic rings. The van der Waals surface area contributed by atoms with Gasteiger partial charge in [0, 0.05) is 5.41 Å². The van der Waals surface area contributed by atoms with Crippen LogP contribution in [0.25, 0.3) is 0 Å².